The van der Waals surface area contributed by atoms with Crippen molar-refractivity contribution in [3.05, 3.63) is 23.8 Å². The van der Waals surface area contributed by atoms with Crippen molar-refractivity contribution in [3.8, 4) is 0 Å². The van der Waals surface area contributed by atoms with Crippen molar-refractivity contribution in [1.29, 1.82) is 0 Å². The van der Waals surface area contributed by atoms with Crippen LogP contribution in [0.2, 0.25) is 0 Å². The Labute approximate surface area is 97.2 Å². The second kappa shape index (κ2) is 4.34. The lowest BCUT2D eigenvalue weighted by Crippen LogP contribution is -2.47. The Balaban J connectivity index is 2.30. The quantitative estimate of drug-likeness (QED) is 0.737. The molecule has 2 unspecified atom stereocenters. The molecule has 1 heterocycles. The molecule has 1 aromatic carbocycles. The van der Waals surface area contributed by atoms with Crippen LogP contribution in [-0.2, 0) is 4.74 Å². The van der Waals surface area contributed by atoms with Crippen LogP contribution in [0.3, 0.4) is 0 Å². The highest BCUT2D eigenvalue weighted by Crippen LogP contribution is 2.28. The van der Waals surface area contributed by atoms with Crippen molar-refractivity contribution in [2.75, 3.05) is 23.8 Å². The van der Waals surface area contributed by atoms with Crippen LogP contribution >= 0.6 is 0 Å². The summed E-state index contributed by atoms with van der Waals surface area (Å²) in [5.74, 6) is 0. The lowest BCUT2D eigenvalue weighted by atomic mass is 10.1. The highest BCUT2D eigenvalue weighted by molar-refractivity contribution is 5.69. The molecular weight excluding hydrogens is 200 g/mol. The number of hydrogen-bond donors (Lipinski definition) is 1. The number of aryl methyl sites for hydroxylation is 1. The van der Waals surface area contributed by atoms with Gasteiger partial charge in [0, 0.05) is 12.6 Å². The highest BCUT2D eigenvalue weighted by atomic mass is 16.5. The Kier molecular flexibility index (Phi) is 3.06. The van der Waals surface area contributed by atoms with Crippen LogP contribution in [-0.4, -0.2) is 25.3 Å². The molecule has 0 aliphatic carbocycles. The fraction of sp³-hybridized carbons (Fsp3) is 0.538. The van der Waals surface area contributed by atoms with Crippen molar-refractivity contribution in [1.82, 2.24) is 0 Å². The van der Waals surface area contributed by atoms with E-state index in [2.05, 4.69) is 31.7 Å². The number of benzene rings is 1. The van der Waals surface area contributed by atoms with Crippen molar-refractivity contribution in [3.63, 3.8) is 0 Å². The number of morpholine rings is 1. The minimum Gasteiger partial charge on any atom is -0.397 e. The first-order valence-corrected chi connectivity index (χ1v) is 5.82. The fourth-order valence-electron chi connectivity index (χ4n) is 2.14. The van der Waals surface area contributed by atoms with Crippen molar-refractivity contribution in [2.24, 2.45) is 0 Å². The molecule has 0 saturated carbocycles. The molecule has 1 aliphatic heterocycles. The number of rotatable bonds is 1. The average molecular weight is 220 g/mol. The maximum Gasteiger partial charge on any atom is 0.0723 e. The minimum absolute atomic E-state index is 0.274. The van der Waals surface area contributed by atoms with E-state index in [9.17, 15) is 0 Å². The average Bonchev–Trinajstić information content (AvgIpc) is 2.25. The first kappa shape index (κ1) is 11.3. The summed E-state index contributed by atoms with van der Waals surface area (Å²) in [6, 6.07) is 6.58. The minimum atomic E-state index is 0.274. The van der Waals surface area contributed by atoms with Gasteiger partial charge in [-0.1, -0.05) is 6.07 Å². The molecule has 1 fully saturated rings. The van der Waals surface area contributed by atoms with Gasteiger partial charge in [0.25, 0.3) is 0 Å². The Morgan fingerprint density at radius 2 is 2.12 bits per heavy atom. The van der Waals surface area contributed by atoms with Gasteiger partial charge in [-0.3, -0.25) is 0 Å². The summed E-state index contributed by atoms with van der Waals surface area (Å²) >= 11 is 0. The maximum atomic E-state index is 6.05. The summed E-state index contributed by atoms with van der Waals surface area (Å²) in [6.07, 6.45) is 0.274. The number of ether oxygens (including phenoxy) is 1. The predicted molar refractivity (Wildman–Crippen MR) is 67.8 cm³/mol. The first-order valence-electron chi connectivity index (χ1n) is 5.82. The lowest BCUT2D eigenvalue weighted by Gasteiger charge is -2.39. The zero-order chi connectivity index (χ0) is 11.7. The number of nitrogens with zero attached hydrogens (tertiary/aromatic N) is 1. The van der Waals surface area contributed by atoms with Gasteiger partial charge in [-0.05, 0) is 38.5 Å². The molecule has 0 aromatic heterocycles. The molecule has 2 N–H and O–H groups in total. The van der Waals surface area contributed by atoms with E-state index in [1.165, 1.54) is 5.56 Å². The van der Waals surface area contributed by atoms with Gasteiger partial charge in [0.05, 0.1) is 24.1 Å². The molecule has 0 radical (unpaired) electrons. The SMILES string of the molecule is Cc1ccc(N)c(N2CC(C)OCC2C)c1. The smallest absolute Gasteiger partial charge is 0.0723 e. The van der Waals surface area contributed by atoms with E-state index in [1.54, 1.807) is 0 Å². The van der Waals surface area contributed by atoms with E-state index in [4.69, 9.17) is 10.5 Å². The molecule has 0 bridgehead atoms. The topological polar surface area (TPSA) is 38.5 Å². The Hall–Kier alpha value is -1.22. The standard InChI is InChI=1S/C13H20N2O/c1-9-4-5-12(14)13(6-9)15-7-11(3)16-8-10(15)2/h4-6,10-11H,7-8,14H2,1-3H3. The van der Waals surface area contributed by atoms with Gasteiger partial charge in [-0.2, -0.15) is 0 Å². The van der Waals surface area contributed by atoms with Crippen LogP contribution in [0.25, 0.3) is 0 Å². The van der Waals surface area contributed by atoms with E-state index < -0.39 is 0 Å². The van der Waals surface area contributed by atoms with Crippen LogP contribution in [0.4, 0.5) is 11.4 Å². The third-order valence-electron chi connectivity index (χ3n) is 3.10. The normalized spacial score (nSPS) is 25.8. The van der Waals surface area contributed by atoms with Gasteiger partial charge in [0.1, 0.15) is 0 Å². The molecule has 88 valence electrons. The molecule has 16 heavy (non-hydrogen) atoms. The molecular formula is C13H20N2O. The van der Waals surface area contributed by atoms with E-state index in [0.717, 1.165) is 24.5 Å². The number of nitrogens with two attached hydrogens (primary N) is 1. The molecule has 2 rings (SSSR count). The summed E-state index contributed by atoms with van der Waals surface area (Å²) < 4.78 is 5.63. The van der Waals surface area contributed by atoms with Crippen LogP contribution in [0.5, 0.6) is 0 Å². The fourth-order valence-corrected chi connectivity index (χ4v) is 2.14. The number of nitrogen functional groups attached to an aromatic ring is 1. The first-order chi connectivity index (χ1) is 7.58. The summed E-state index contributed by atoms with van der Waals surface area (Å²) in [4.78, 5) is 2.34. The Morgan fingerprint density at radius 3 is 2.88 bits per heavy atom. The molecule has 0 amide bonds. The highest BCUT2D eigenvalue weighted by Gasteiger charge is 2.24. The van der Waals surface area contributed by atoms with Crippen molar-refractivity contribution in [2.45, 2.75) is 32.9 Å². The molecule has 1 saturated heterocycles. The van der Waals surface area contributed by atoms with Gasteiger partial charge in [-0.15, -0.1) is 0 Å². The largest absolute Gasteiger partial charge is 0.397 e. The summed E-state index contributed by atoms with van der Waals surface area (Å²) in [5, 5.41) is 0. The predicted octanol–water partition coefficient (Wildman–Crippen LogP) is 2.19. The van der Waals surface area contributed by atoms with Crippen LogP contribution in [0.1, 0.15) is 19.4 Å². The molecule has 1 aliphatic rings. The van der Waals surface area contributed by atoms with Crippen LogP contribution in [0, 0.1) is 6.92 Å². The van der Waals surface area contributed by atoms with Crippen molar-refractivity contribution < 1.29 is 4.74 Å². The lowest BCUT2D eigenvalue weighted by molar-refractivity contribution is 0.0344. The molecule has 3 nitrogen and oxygen atoms in total. The summed E-state index contributed by atoms with van der Waals surface area (Å²) in [7, 11) is 0. The van der Waals surface area contributed by atoms with Crippen molar-refractivity contribution >= 4 is 11.4 Å². The van der Waals surface area contributed by atoms with E-state index >= 15 is 0 Å². The van der Waals surface area contributed by atoms with Crippen LogP contribution < -0.4 is 10.6 Å². The zero-order valence-electron chi connectivity index (χ0n) is 10.2. The van der Waals surface area contributed by atoms with Gasteiger partial charge in [0.2, 0.25) is 0 Å². The Bertz CT molecular complexity index is 378. The number of anilines is 2. The number of hydrogen-bond acceptors (Lipinski definition) is 3. The van der Waals surface area contributed by atoms with E-state index in [0.29, 0.717) is 6.04 Å². The Morgan fingerprint density at radius 1 is 1.38 bits per heavy atom. The van der Waals surface area contributed by atoms with Gasteiger partial charge >= 0.3 is 0 Å². The second-order valence-electron chi connectivity index (χ2n) is 4.71. The van der Waals surface area contributed by atoms with Crippen LogP contribution in [0.15, 0.2) is 18.2 Å². The molecule has 1 aromatic rings. The van der Waals surface area contributed by atoms with E-state index in [1.807, 2.05) is 12.1 Å². The van der Waals surface area contributed by atoms with Gasteiger partial charge < -0.3 is 15.4 Å². The third kappa shape index (κ3) is 2.14. The summed E-state index contributed by atoms with van der Waals surface area (Å²) in [6.45, 7) is 8.05. The van der Waals surface area contributed by atoms with E-state index in [-0.39, 0.29) is 6.10 Å². The van der Waals surface area contributed by atoms with Gasteiger partial charge in [0.15, 0.2) is 0 Å². The maximum absolute atomic E-state index is 6.05. The molecule has 2 atom stereocenters. The molecule has 3 heteroatoms. The monoisotopic (exact) mass is 220 g/mol. The summed E-state index contributed by atoms with van der Waals surface area (Å²) in [5.41, 5.74) is 9.29. The molecule has 0 spiro atoms. The third-order valence-corrected chi connectivity index (χ3v) is 3.10. The second-order valence-corrected chi connectivity index (χ2v) is 4.71. The zero-order valence-corrected chi connectivity index (χ0v) is 10.2. The van der Waals surface area contributed by atoms with Gasteiger partial charge in [-0.25, -0.2) is 0 Å².